The Morgan fingerprint density at radius 2 is 1.81 bits per heavy atom. The van der Waals surface area contributed by atoms with E-state index in [1.807, 2.05) is 21.9 Å². The molecule has 0 N–H and O–H groups in total. The van der Waals surface area contributed by atoms with Crippen molar-refractivity contribution in [1.82, 2.24) is 14.7 Å². The summed E-state index contributed by atoms with van der Waals surface area (Å²) in [5.41, 5.74) is 1.02. The number of piperazine rings is 1. The first kappa shape index (κ1) is 22.1. The van der Waals surface area contributed by atoms with E-state index in [1.54, 1.807) is 33.1 Å². The standard InChI is InChI=1S/C22H31N3O5S/c1-22-8-7-18(26)25(22)16(14-31-22)21(27)24-11-9-23(10-12-24)13-15-5-6-17(28-2)20(30-4)19(15)29-3/h5-6,16H,7-14H2,1-4H3. The quantitative estimate of drug-likeness (QED) is 0.656. The molecule has 2 amide bonds. The molecule has 9 heteroatoms. The number of carbonyl (C=O) groups is 2. The lowest BCUT2D eigenvalue weighted by molar-refractivity contribution is -0.144. The smallest absolute Gasteiger partial charge is 0.246 e. The highest BCUT2D eigenvalue weighted by Gasteiger charge is 2.53. The van der Waals surface area contributed by atoms with E-state index in [1.165, 1.54) is 0 Å². The molecule has 3 saturated heterocycles. The molecule has 3 fully saturated rings. The van der Waals surface area contributed by atoms with Crippen LogP contribution in [0.15, 0.2) is 12.1 Å². The summed E-state index contributed by atoms with van der Waals surface area (Å²) >= 11 is 1.74. The number of thioether (sulfide) groups is 1. The first-order valence-electron chi connectivity index (χ1n) is 10.7. The van der Waals surface area contributed by atoms with Gasteiger partial charge in [0.2, 0.25) is 17.6 Å². The third-order valence-electron chi connectivity index (χ3n) is 6.59. The minimum Gasteiger partial charge on any atom is -0.493 e. The average molecular weight is 450 g/mol. The Morgan fingerprint density at radius 1 is 1.10 bits per heavy atom. The maximum absolute atomic E-state index is 13.2. The second kappa shape index (κ2) is 8.78. The Kier molecular flexibility index (Phi) is 6.25. The first-order chi connectivity index (χ1) is 14.9. The minimum absolute atomic E-state index is 0.0924. The second-order valence-corrected chi connectivity index (χ2v) is 9.86. The summed E-state index contributed by atoms with van der Waals surface area (Å²) in [4.78, 5) is 31.4. The summed E-state index contributed by atoms with van der Waals surface area (Å²) < 4.78 is 16.5. The molecule has 0 aliphatic carbocycles. The van der Waals surface area contributed by atoms with Crippen molar-refractivity contribution >= 4 is 23.6 Å². The van der Waals surface area contributed by atoms with Crippen molar-refractivity contribution < 1.29 is 23.8 Å². The minimum atomic E-state index is -0.317. The number of ether oxygens (including phenoxy) is 3. The molecule has 0 radical (unpaired) electrons. The Bertz CT molecular complexity index is 858. The van der Waals surface area contributed by atoms with E-state index in [2.05, 4.69) is 11.8 Å². The summed E-state index contributed by atoms with van der Waals surface area (Å²) in [5, 5.41) is 0. The van der Waals surface area contributed by atoms with Crippen molar-refractivity contribution in [2.75, 3.05) is 53.3 Å². The molecule has 8 nitrogen and oxygen atoms in total. The van der Waals surface area contributed by atoms with Crippen LogP contribution in [0, 0.1) is 0 Å². The summed E-state index contributed by atoms with van der Waals surface area (Å²) in [6.07, 6.45) is 1.38. The van der Waals surface area contributed by atoms with Crippen LogP contribution in [0.5, 0.6) is 17.2 Å². The van der Waals surface area contributed by atoms with Crippen molar-refractivity contribution in [3.63, 3.8) is 0 Å². The predicted octanol–water partition coefficient (Wildman–Crippen LogP) is 1.81. The number of hydrogen-bond acceptors (Lipinski definition) is 7. The van der Waals surface area contributed by atoms with Gasteiger partial charge in [-0.15, -0.1) is 11.8 Å². The van der Waals surface area contributed by atoms with Gasteiger partial charge >= 0.3 is 0 Å². The molecule has 0 bridgehead atoms. The fraction of sp³-hybridized carbons (Fsp3) is 0.636. The van der Waals surface area contributed by atoms with Crippen LogP contribution >= 0.6 is 11.8 Å². The number of amides is 2. The van der Waals surface area contributed by atoms with Crippen LogP contribution in [0.3, 0.4) is 0 Å². The van der Waals surface area contributed by atoms with Gasteiger partial charge in [0.15, 0.2) is 11.5 Å². The van der Waals surface area contributed by atoms with Gasteiger partial charge in [-0.05, 0) is 19.4 Å². The zero-order valence-corrected chi connectivity index (χ0v) is 19.5. The number of fused-ring (bicyclic) bond motifs is 1. The number of carbonyl (C=O) groups excluding carboxylic acids is 2. The van der Waals surface area contributed by atoms with Gasteiger partial charge in [0.25, 0.3) is 0 Å². The fourth-order valence-electron chi connectivity index (χ4n) is 4.87. The molecule has 3 heterocycles. The normalized spacial score (nSPS) is 26.2. The lowest BCUT2D eigenvalue weighted by Crippen LogP contribution is -2.56. The predicted molar refractivity (Wildman–Crippen MR) is 119 cm³/mol. The van der Waals surface area contributed by atoms with E-state index in [4.69, 9.17) is 14.2 Å². The molecule has 31 heavy (non-hydrogen) atoms. The van der Waals surface area contributed by atoms with Crippen LogP contribution in [-0.4, -0.2) is 90.7 Å². The molecule has 1 aromatic rings. The average Bonchev–Trinajstić information content (AvgIpc) is 3.28. The first-order valence-corrected chi connectivity index (χ1v) is 11.7. The Morgan fingerprint density at radius 3 is 2.45 bits per heavy atom. The van der Waals surface area contributed by atoms with Gasteiger partial charge in [-0.1, -0.05) is 6.07 Å². The molecule has 170 valence electrons. The number of nitrogens with zero attached hydrogens (tertiary/aromatic N) is 3. The Balaban J connectivity index is 1.39. The lowest BCUT2D eigenvalue weighted by Gasteiger charge is -2.38. The van der Waals surface area contributed by atoms with E-state index >= 15 is 0 Å². The molecule has 3 aliphatic rings. The van der Waals surface area contributed by atoms with Crippen LogP contribution in [0.4, 0.5) is 0 Å². The highest BCUT2D eigenvalue weighted by atomic mass is 32.2. The van der Waals surface area contributed by atoms with Crippen molar-refractivity contribution in [1.29, 1.82) is 0 Å². The zero-order valence-electron chi connectivity index (χ0n) is 18.7. The number of hydrogen-bond donors (Lipinski definition) is 0. The summed E-state index contributed by atoms with van der Waals surface area (Å²) in [6, 6.07) is 3.56. The Hall–Kier alpha value is -2.13. The van der Waals surface area contributed by atoms with E-state index in [0.717, 1.165) is 25.1 Å². The molecule has 2 unspecified atom stereocenters. The summed E-state index contributed by atoms with van der Waals surface area (Å²) in [5.74, 6) is 2.81. The van der Waals surface area contributed by atoms with Crippen molar-refractivity contribution in [3.05, 3.63) is 17.7 Å². The van der Waals surface area contributed by atoms with Gasteiger partial charge in [-0.3, -0.25) is 14.5 Å². The van der Waals surface area contributed by atoms with Gasteiger partial charge in [0, 0.05) is 50.5 Å². The molecule has 1 aromatic carbocycles. The fourth-order valence-corrected chi connectivity index (χ4v) is 6.29. The van der Waals surface area contributed by atoms with Crippen LogP contribution in [0.1, 0.15) is 25.3 Å². The van der Waals surface area contributed by atoms with Crippen LogP contribution in [-0.2, 0) is 16.1 Å². The Labute approximate surface area is 187 Å². The second-order valence-electron chi connectivity index (χ2n) is 8.36. The summed E-state index contributed by atoms with van der Waals surface area (Å²) in [6.45, 7) is 5.66. The van der Waals surface area contributed by atoms with Gasteiger partial charge in [0.1, 0.15) is 6.04 Å². The van der Waals surface area contributed by atoms with Crippen LogP contribution in [0.2, 0.25) is 0 Å². The van der Waals surface area contributed by atoms with Crippen LogP contribution < -0.4 is 14.2 Å². The third kappa shape index (κ3) is 3.93. The van der Waals surface area contributed by atoms with Crippen molar-refractivity contribution in [2.24, 2.45) is 0 Å². The van der Waals surface area contributed by atoms with E-state index in [9.17, 15) is 9.59 Å². The number of benzene rings is 1. The van der Waals surface area contributed by atoms with Crippen LogP contribution in [0.25, 0.3) is 0 Å². The van der Waals surface area contributed by atoms with Crippen molar-refractivity contribution in [3.8, 4) is 17.2 Å². The van der Waals surface area contributed by atoms with Gasteiger partial charge in [-0.25, -0.2) is 0 Å². The maximum atomic E-state index is 13.2. The SMILES string of the molecule is COc1ccc(CN2CCN(C(=O)C3CSC4(C)CCC(=O)N34)CC2)c(OC)c1OC. The monoisotopic (exact) mass is 449 g/mol. The topological polar surface area (TPSA) is 71.6 Å². The molecule has 3 aliphatic heterocycles. The highest BCUT2D eigenvalue weighted by molar-refractivity contribution is 8.01. The number of rotatable bonds is 6. The molecule has 4 rings (SSSR count). The van der Waals surface area contributed by atoms with E-state index in [-0.39, 0.29) is 22.7 Å². The molecule has 0 spiro atoms. The molecule has 2 atom stereocenters. The molecule has 0 saturated carbocycles. The van der Waals surface area contributed by atoms with Gasteiger partial charge in [0.05, 0.1) is 26.2 Å². The van der Waals surface area contributed by atoms with Crippen molar-refractivity contribution in [2.45, 2.75) is 37.2 Å². The van der Waals surface area contributed by atoms with Gasteiger partial charge < -0.3 is 24.0 Å². The lowest BCUT2D eigenvalue weighted by atomic mass is 10.1. The molecular weight excluding hydrogens is 418 g/mol. The maximum Gasteiger partial charge on any atom is 0.246 e. The zero-order chi connectivity index (χ0) is 22.2. The highest BCUT2D eigenvalue weighted by Crippen LogP contribution is 2.47. The van der Waals surface area contributed by atoms with Gasteiger partial charge in [-0.2, -0.15) is 0 Å². The molecular formula is C22H31N3O5S. The number of methoxy groups -OCH3 is 3. The van der Waals surface area contributed by atoms with E-state index in [0.29, 0.717) is 49.1 Å². The molecule has 0 aromatic heterocycles. The summed E-state index contributed by atoms with van der Waals surface area (Å²) in [7, 11) is 4.84. The van der Waals surface area contributed by atoms with E-state index < -0.39 is 0 Å². The largest absolute Gasteiger partial charge is 0.493 e. The third-order valence-corrected chi connectivity index (χ3v) is 8.10.